The Kier molecular flexibility index (Phi) is 1.99. The molecule has 60 valence electrons. The highest BCUT2D eigenvalue weighted by atomic mass is 19.1. The highest BCUT2D eigenvalue weighted by molar-refractivity contribution is 5.31. The molecule has 0 aromatic rings. The van der Waals surface area contributed by atoms with Crippen molar-refractivity contribution in [2.75, 3.05) is 0 Å². The Bertz CT molecular complexity index is 218. The fourth-order valence-corrected chi connectivity index (χ4v) is 1.29. The van der Waals surface area contributed by atoms with Gasteiger partial charge in [0.05, 0.1) is 0 Å². The lowest BCUT2D eigenvalue weighted by Crippen LogP contribution is -2.02. The second kappa shape index (κ2) is 2.65. The summed E-state index contributed by atoms with van der Waals surface area (Å²) in [6.07, 6.45) is 6.97. The van der Waals surface area contributed by atoms with Gasteiger partial charge >= 0.3 is 0 Å². The van der Waals surface area contributed by atoms with Gasteiger partial charge in [-0.2, -0.15) is 0 Å². The summed E-state index contributed by atoms with van der Waals surface area (Å²) in [4.78, 5) is 0. The third-order valence-electron chi connectivity index (χ3n) is 1.62. The normalized spacial score (nSPS) is 22.2. The van der Waals surface area contributed by atoms with Crippen LogP contribution in [0.4, 0.5) is 4.39 Å². The highest BCUT2D eigenvalue weighted by Gasteiger charge is 2.13. The van der Waals surface area contributed by atoms with Crippen LogP contribution in [0.3, 0.4) is 0 Å². The molecule has 0 fully saturated rings. The first kappa shape index (κ1) is 8.25. The van der Waals surface area contributed by atoms with Crippen LogP contribution in [0.1, 0.15) is 20.8 Å². The monoisotopic (exact) mass is 152 g/mol. The predicted molar refractivity (Wildman–Crippen MR) is 45.9 cm³/mol. The van der Waals surface area contributed by atoms with Crippen molar-refractivity contribution in [3.05, 3.63) is 35.7 Å². The molecule has 0 saturated carbocycles. The fourth-order valence-electron chi connectivity index (χ4n) is 1.29. The first-order valence-corrected chi connectivity index (χ1v) is 3.75. The van der Waals surface area contributed by atoms with Crippen LogP contribution in [0.15, 0.2) is 35.7 Å². The molecule has 0 radical (unpaired) electrons. The van der Waals surface area contributed by atoms with Crippen LogP contribution in [-0.4, -0.2) is 0 Å². The van der Waals surface area contributed by atoms with E-state index in [0.717, 1.165) is 5.57 Å². The van der Waals surface area contributed by atoms with Gasteiger partial charge < -0.3 is 0 Å². The zero-order valence-corrected chi connectivity index (χ0v) is 7.19. The van der Waals surface area contributed by atoms with E-state index in [1.165, 1.54) is 6.08 Å². The van der Waals surface area contributed by atoms with E-state index < -0.39 is 0 Å². The molecular weight excluding hydrogens is 139 g/mol. The summed E-state index contributed by atoms with van der Waals surface area (Å²) < 4.78 is 12.9. The van der Waals surface area contributed by atoms with Crippen molar-refractivity contribution in [2.45, 2.75) is 20.8 Å². The lowest BCUT2D eigenvalue weighted by Gasteiger charge is -2.13. The molecule has 0 aliphatic heterocycles. The maximum atomic E-state index is 12.9. The van der Waals surface area contributed by atoms with Crippen molar-refractivity contribution in [3.8, 4) is 0 Å². The first-order chi connectivity index (χ1) is 4.99. The van der Waals surface area contributed by atoms with Gasteiger partial charge in [-0.05, 0) is 19.1 Å². The molecule has 0 unspecified atom stereocenters. The molecule has 0 atom stereocenters. The van der Waals surface area contributed by atoms with Gasteiger partial charge in [0.15, 0.2) is 0 Å². The standard InChI is InChI=1S/C10H13F/c1-8-4-5-9(11)7-10(2,3)6-8/h4-7H,1-3H3. The second-order valence-electron chi connectivity index (χ2n) is 3.57. The molecule has 0 aromatic heterocycles. The Morgan fingerprint density at radius 2 is 1.82 bits per heavy atom. The van der Waals surface area contributed by atoms with Crippen molar-refractivity contribution in [2.24, 2.45) is 5.41 Å². The van der Waals surface area contributed by atoms with Gasteiger partial charge in [0.1, 0.15) is 5.83 Å². The van der Waals surface area contributed by atoms with Crippen LogP contribution in [-0.2, 0) is 0 Å². The van der Waals surface area contributed by atoms with Gasteiger partial charge in [0.25, 0.3) is 0 Å². The van der Waals surface area contributed by atoms with Crippen LogP contribution in [0.2, 0.25) is 0 Å². The van der Waals surface area contributed by atoms with E-state index in [-0.39, 0.29) is 11.2 Å². The highest BCUT2D eigenvalue weighted by Crippen LogP contribution is 2.26. The average Bonchev–Trinajstić information content (AvgIpc) is 1.89. The Morgan fingerprint density at radius 3 is 2.45 bits per heavy atom. The molecule has 0 N–H and O–H groups in total. The smallest absolute Gasteiger partial charge is 0.120 e. The zero-order chi connectivity index (χ0) is 8.48. The molecule has 1 heteroatoms. The van der Waals surface area contributed by atoms with E-state index in [2.05, 4.69) is 6.08 Å². The third kappa shape index (κ3) is 2.34. The summed E-state index contributed by atoms with van der Waals surface area (Å²) in [5.41, 5.74) is 0.955. The quantitative estimate of drug-likeness (QED) is 0.499. The molecule has 0 amide bonds. The Hall–Kier alpha value is -0.850. The van der Waals surface area contributed by atoms with Crippen molar-refractivity contribution in [1.82, 2.24) is 0 Å². The number of rotatable bonds is 0. The minimum atomic E-state index is -0.155. The lowest BCUT2D eigenvalue weighted by molar-refractivity contribution is 0.580. The summed E-state index contributed by atoms with van der Waals surface area (Å²) in [5, 5.41) is 0. The molecule has 11 heavy (non-hydrogen) atoms. The molecule has 0 nitrogen and oxygen atoms in total. The van der Waals surface area contributed by atoms with Gasteiger partial charge in [-0.15, -0.1) is 0 Å². The largest absolute Gasteiger partial charge is 0.207 e. The van der Waals surface area contributed by atoms with Crippen LogP contribution >= 0.6 is 0 Å². The first-order valence-electron chi connectivity index (χ1n) is 3.75. The topological polar surface area (TPSA) is 0 Å². The van der Waals surface area contributed by atoms with Crippen molar-refractivity contribution < 1.29 is 4.39 Å². The van der Waals surface area contributed by atoms with E-state index >= 15 is 0 Å². The van der Waals surface area contributed by atoms with Crippen LogP contribution in [0.25, 0.3) is 0 Å². The van der Waals surface area contributed by atoms with Crippen molar-refractivity contribution in [1.29, 1.82) is 0 Å². The molecule has 1 aliphatic rings. The second-order valence-corrected chi connectivity index (χ2v) is 3.57. The van der Waals surface area contributed by atoms with E-state index in [1.54, 1.807) is 12.2 Å². The van der Waals surface area contributed by atoms with Crippen LogP contribution in [0.5, 0.6) is 0 Å². The predicted octanol–water partition coefficient (Wildman–Crippen LogP) is 3.38. The number of hydrogen-bond acceptors (Lipinski definition) is 0. The summed E-state index contributed by atoms with van der Waals surface area (Å²) in [7, 11) is 0. The minimum Gasteiger partial charge on any atom is -0.207 e. The molecule has 0 spiro atoms. The van der Waals surface area contributed by atoms with Gasteiger partial charge in [0, 0.05) is 5.41 Å². The SMILES string of the molecule is CC1=CC(C)(C)C=C(F)C=C1. The number of allylic oxidation sites excluding steroid dienone is 6. The van der Waals surface area contributed by atoms with Gasteiger partial charge in [-0.25, -0.2) is 4.39 Å². The van der Waals surface area contributed by atoms with Crippen LogP contribution in [0, 0.1) is 5.41 Å². The Morgan fingerprint density at radius 1 is 1.18 bits per heavy atom. The lowest BCUT2D eigenvalue weighted by atomic mass is 9.91. The van der Waals surface area contributed by atoms with Gasteiger partial charge in [0.2, 0.25) is 0 Å². The van der Waals surface area contributed by atoms with Crippen LogP contribution < -0.4 is 0 Å². The molecule has 1 rings (SSSR count). The van der Waals surface area contributed by atoms with E-state index in [1.807, 2.05) is 20.8 Å². The molecule has 1 aliphatic carbocycles. The number of halogens is 1. The maximum Gasteiger partial charge on any atom is 0.120 e. The molecule has 0 aromatic carbocycles. The zero-order valence-electron chi connectivity index (χ0n) is 7.19. The van der Waals surface area contributed by atoms with Gasteiger partial charge in [-0.3, -0.25) is 0 Å². The molecule has 0 bridgehead atoms. The molecule has 0 heterocycles. The van der Waals surface area contributed by atoms with Gasteiger partial charge in [-0.1, -0.05) is 31.6 Å². The summed E-state index contributed by atoms with van der Waals surface area (Å²) in [5.74, 6) is -0.150. The van der Waals surface area contributed by atoms with E-state index in [9.17, 15) is 4.39 Å². The van der Waals surface area contributed by atoms with E-state index in [0.29, 0.717) is 0 Å². The number of hydrogen-bond donors (Lipinski definition) is 0. The fraction of sp³-hybridized carbons (Fsp3) is 0.400. The van der Waals surface area contributed by atoms with Crippen molar-refractivity contribution >= 4 is 0 Å². The molecule has 0 saturated heterocycles. The Labute approximate surface area is 67.1 Å². The minimum absolute atomic E-state index is 0.150. The summed E-state index contributed by atoms with van der Waals surface area (Å²) >= 11 is 0. The molecular formula is C10H13F. The average molecular weight is 152 g/mol. The third-order valence-corrected chi connectivity index (χ3v) is 1.62. The maximum absolute atomic E-state index is 12.9. The summed E-state index contributed by atoms with van der Waals surface area (Å²) in [6, 6.07) is 0. The summed E-state index contributed by atoms with van der Waals surface area (Å²) in [6.45, 7) is 5.96. The van der Waals surface area contributed by atoms with E-state index in [4.69, 9.17) is 0 Å². The Balaban J connectivity index is 3.03. The van der Waals surface area contributed by atoms with Crippen molar-refractivity contribution in [3.63, 3.8) is 0 Å².